The smallest absolute Gasteiger partial charge is 0.481 e. The molecule has 3 amide bonds. The van der Waals surface area contributed by atoms with E-state index < -0.39 is 18.2 Å². The van der Waals surface area contributed by atoms with E-state index in [9.17, 15) is 27.6 Å². The van der Waals surface area contributed by atoms with Crippen molar-refractivity contribution in [3.05, 3.63) is 59.7 Å². The summed E-state index contributed by atoms with van der Waals surface area (Å²) in [4.78, 5) is 42.3. The Morgan fingerprint density at radius 1 is 1.05 bits per heavy atom. The highest BCUT2D eigenvalue weighted by Crippen LogP contribution is 2.37. The molecule has 2 saturated heterocycles. The second kappa shape index (κ2) is 11.3. The minimum atomic E-state index is -4.81. The third-order valence-electron chi connectivity index (χ3n) is 6.79. The molecule has 0 saturated carbocycles. The van der Waals surface area contributed by atoms with Gasteiger partial charge in [-0.2, -0.15) is 0 Å². The molecule has 38 heavy (non-hydrogen) atoms. The number of carboxylic acid groups (broad SMARTS) is 1. The highest BCUT2D eigenvalue weighted by atomic mass is 19.4. The minimum absolute atomic E-state index is 0.0126. The number of amides is 3. The van der Waals surface area contributed by atoms with Crippen molar-refractivity contribution in [2.75, 3.05) is 38.1 Å². The van der Waals surface area contributed by atoms with Crippen LogP contribution in [-0.2, 0) is 4.79 Å². The summed E-state index contributed by atoms with van der Waals surface area (Å²) in [6.45, 7) is 1.97. The van der Waals surface area contributed by atoms with E-state index in [-0.39, 0.29) is 43.4 Å². The second-order valence-electron chi connectivity index (χ2n) is 9.41. The van der Waals surface area contributed by atoms with Gasteiger partial charge in [-0.3, -0.25) is 14.5 Å². The average Bonchev–Trinajstić information content (AvgIpc) is 3.21. The molecule has 0 aliphatic carbocycles. The van der Waals surface area contributed by atoms with Crippen molar-refractivity contribution in [3.8, 4) is 5.75 Å². The molecular formula is C26H29F3N4O5. The molecule has 0 radical (unpaired) electrons. The lowest BCUT2D eigenvalue weighted by atomic mass is 9.98. The number of hydrogen-bond acceptors (Lipinski definition) is 5. The number of alkyl halides is 3. The van der Waals surface area contributed by atoms with Gasteiger partial charge in [0.15, 0.2) is 0 Å². The maximum absolute atomic E-state index is 13.6. The van der Waals surface area contributed by atoms with Crippen LogP contribution in [0.25, 0.3) is 0 Å². The van der Waals surface area contributed by atoms with E-state index in [1.165, 1.54) is 24.3 Å². The first kappa shape index (κ1) is 27.2. The van der Waals surface area contributed by atoms with Crippen LogP contribution in [0.5, 0.6) is 5.75 Å². The largest absolute Gasteiger partial charge is 0.573 e. The van der Waals surface area contributed by atoms with Crippen molar-refractivity contribution < 1.29 is 37.4 Å². The molecule has 2 fully saturated rings. The molecule has 2 aliphatic heterocycles. The molecule has 2 aromatic rings. The Morgan fingerprint density at radius 2 is 1.68 bits per heavy atom. The summed E-state index contributed by atoms with van der Waals surface area (Å²) in [7, 11) is 2.02. The van der Waals surface area contributed by atoms with Gasteiger partial charge in [-0.05, 0) is 74.9 Å². The number of aliphatic carboxylic acids is 1. The number of carbonyl (C=O) groups is 3. The molecule has 2 aliphatic rings. The Kier molecular flexibility index (Phi) is 8.10. The van der Waals surface area contributed by atoms with E-state index in [2.05, 4.69) is 15.0 Å². The van der Waals surface area contributed by atoms with Crippen molar-refractivity contribution in [3.63, 3.8) is 0 Å². The molecule has 1 unspecified atom stereocenters. The number of hydrogen-bond donors (Lipinski definition) is 2. The van der Waals surface area contributed by atoms with Crippen LogP contribution in [0, 0.1) is 0 Å². The van der Waals surface area contributed by atoms with Crippen molar-refractivity contribution in [2.45, 2.75) is 37.7 Å². The molecule has 2 aromatic carbocycles. The molecule has 12 heteroatoms. The van der Waals surface area contributed by atoms with Crippen LogP contribution in [0.15, 0.2) is 48.5 Å². The zero-order chi connectivity index (χ0) is 27.4. The van der Waals surface area contributed by atoms with Gasteiger partial charge in [0.1, 0.15) is 5.75 Å². The molecule has 1 atom stereocenters. The Morgan fingerprint density at radius 3 is 2.26 bits per heavy atom. The normalized spacial score (nSPS) is 19.1. The fraction of sp³-hybridized carbons (Fsp3) is 0.423. The quantitative estimate of drug-likeness (QED) is 0.533. The van der Waals surface area contributed by atoms with E-state index in [0.29, 0.717) is 11.3 Å². The van der Waals surface area contributed by atoms with Gasteiger partial charge in [-0.25, -0.2) is 4.79 Å². The molecule has 204 valence electrons. The Labute approximate surface area is 217 Å². The van der Waals surface area contributed by atoms with Gasteiger partial charge < -0.3 is 25.0 Å². The lowest BCUT2D eigenvalue weighted by Crippen LogP contribution is -2.46. The van der Waals surface area contributed by atoms with Gasteiger partial charge >= 0.3 is 18.4 Å². The molecule has 9 nitrogen and oxygen atoms in total. The lowest BCUT2D eigenvalue weighted by Gasteiger charge is -2.37. The summed E-state index contributed by atoms with van der Waals surface area (Å²) in [5.74, 6) is -1.77. The van der Waals surface area contributed by atoms with Crippen molar-refractivity contribution in [2.24, 2.45) is 0 Å². The predicted molar refractivity (Wildman–Crippen MR) is 132 cm³/mol. The minimum Gasteiger partial charge on any atom is -0.481 e. The summed E-state index contributed by atoms with van der Waals surface area (Å²) in [5.41, 5.74) is 1.64. The summed E-state index contributed by atoms with van der Waals surface area (Å²) >= 11 is 0. The third-order valence-corrected chi connectivity index (χ3v) is 6.79. The van der Waals surface area contributed by atoms with Gasteiger partial charge in [0.05, 0.1) is 19.0 Å². The summed E-state index contributed by atoms with van der Waals surface area (Å²) in [5, 5.41) is 11.3. The lowest BCUT2D eigenvalue weighted by molar-refractivity contribution is -0.274. The number of carbonyl (C=O) groups excluding carboxylic acids is 2. The number of piperidine rings is 1. The zero-order valence-electron chi connectivity index (χ0n) is 20.8. The number of ether oxygens (including phenoxy) is 1. The van der Waals surface area contributed by atoms with E-state index in [0.717, 1.165) is 31.5 Å². The number of anilines is 1. The van der Waals surface area contributed by atoms with E-state index in [1.54, 1.807) is 29.2 Å². The molecule has 0 aromatic heterocycles. The first-order valence-corrected chi connectivity index (χ1v) is 12.3. The van der Waals surface area contributed by atoms with Crippen molar-refractivity contribution in [1.82, 2.24) is 15.1 Å². The highest BCUT2D eigenvalue weighted by molar-refractivity contribution is 5.96. The first-order chi connectivity index (χ1) is 18.0. The van der Waals surface area contributed by atoms with Crippen LogP contribution < -0.4 is 15.0 Å². The number of likely N-dealkylation sites (tertiary alicyclic amines) is 1. The number of nitrogens with zero attached hydrogens (tertiary/aromatic N) is 3. The highest BCUT2D eigenvalue weighted by Gasteiger charge is 2.43. The number of benzene rings is 2. The first-order valence-electron chi connectivity index (χ1n) is 12.3. The standard InChI is InChI=1S/C26H29F3N4O5/c1-31-14-11-20(12-15-31)33-22(17-2-4-18(5-3-17)24(36)30-13-10-23(34)35)16-32(25(33)37)19-6-8-21(9-7-19)38-26(27,28)29/h2-9,20,22H,10-16H2,1H3,(H,30,36)(H,34,35). The van der Waals surface area contributed by atoms with Crippen LogP contribution in [0.1, 0.15) is 41.2 Å². The molecule has 2 heterocycles. The van der Waals surface area contributed by atoms with Gasteiger partial charge in [-0.1, -0.05) is 12.1 Å². The maximum atomic E-state index is 13.6. The third kappa shape index (κ3) is 6.55. The van der Waals surface area contributed by atoms with Crippen LogP contribution in [0.2, 0.25) is 0 Å². The predicted octanol–water partition coefficient (Wildman–Crippen LogP) is 3.87. The SMILES string of the molecule is CN1CCC(N2C(=O)N(c3ccc(OC(F)(F)F)cc3)CC2c2ccc(C(=O)NCCC(=O)O)cc2)CC1. The average molecular weight is 535 g/mol. The van der Waals surface area contributed by atoms with Crippen LogP contribution in [0.3, 0.4) is 0 Å². The topological polar surface area (TPSA) is 102 Å². The molecule has 2 N–H and O–H groups in total. The fourth-order valence-electron chi connectivity index (χ4n) is 4.85. The maximum Gasteiger partial charge on any atom is 0.573 e. The monoisotopic (exact) mass is 534 g/mol. The Hall–Kier alpha value is -3.80. The summed E-state index contributed by atoms with van der Waals surface area (Å²) in [6.07, 6.45) is -3.41. The van der Waals surface area contributed by atoms with Gasteiger partial charge in [0, 0.05) is 23.8 Å². The number of carboxylic acids is 1. The zero-order valence-corrected chi connectivity index (χ0v) is 20.8. The van der Waals surface area contributed by atoms with Gasteiger partial charge in [0.2, 0.25) is 0 Å². The van der Waals surface area contributed by atoms with E-state index in [4.69, 9.17) is 5.11 Å². The fourth-order valence-corrected chi connectivity index (χ4v) is 4.85. The number of halogens is 3. The van der Waals surface area contributed by atoms with Gasteiger partial charge in [-0.15, -0.1) is 13.2 Å². The number of nitrogens with one attached hydrogen (secondary N) is 1. The van der Waals surface area contributed by atoms with Crippen LogP contribution in [0.4, 0.5) is 23.7 Å². The second-order valence-corrected chi connectivity index (χ2v) is 9.41. The van der Waals surface area contributed by atoms with Crippen LogP contribution >= 0.6 is 0 Å². The molecule has 4 rings (SSSR count). The molecule has 0 spiro atoms. The van der Waals surface area contributed by atoms with Crippen molar-refractivity contribution in [1.29, 1.82) is 0 Å². The Balaban J connectivity index is 1.55. The van der Waals surface area contributed by atoms with Gasteiger partial charge in [0.25, 0.3) is 5.91 Å². The number of rotatable bonds is 8. The summed E-state index contributed by atoms with van der Waals surface area (Å²) < 4.78 is 41.6. The number of urea groups is 1. The Bertz CT molecular complexity index is 1150. The van der Waals surface area contributed by atoms with E-state index >= 15 is 0 Å². The van der Waals surface area contributed by atoms with Crippen LogP contribution in [-0.4, -0.2) is 78.4 Å². The molecular weight excluding hydrogens is 505 g/mol. The summed E-state index contributed by atoms with van der Waals surface area (Å²) in [6, 6.07) is 11.5. The van der Waals surface area contributed by atoms with Crippen molar-refractivity contribution >= 4 is 23.6 Å². The van der Waals surface area contributed by atoms with E-state index in [1.807, 2.05) is 11.9 Å². The molecule has 0 bridgehead atoms.